The molecule has 31 heavy (non-hydrogen) atoms. The average molecular weight is 428 g/mol. The van der Waals surface area contributed by atoms with Crippen molar-refractivity contribution < 1.29 is 19.4 Å². The molecular weight excluding hydrogens is 394 g/mol. The van der Waals surface area contributed by atoms with Gasteiger partial charge in [0.1, 0.15) is 6.61 Å². The first kappa shape index (κ1) is 24.2. The zero-order valence-corrected chi connectivity index (χ0v) is 18.3. The highest BCUT2D eigenvalue weighted by atomic mass is 16.5. The van der Waals surface area contributed by atoms with E-state index >= 15 is 0 Å². The molecule has 0 aromatic heterocycles. The summed E-state index contributed by atoms with van der Waals surface area (Å²) in [5, 5.41) is 16.4. The number of alkyl carbamates (subject to hydrolysis) is 1. The lowest BCUT2D eigenvalue weighted by Gasteiger charge is -2.28. The van der Waals surface area contributed by atoms with E-state index in [-0.39, 0.29) is 19.2 Å². The molecule has 7 nitrogen and oxygen atoms in total. The fourth-order valence-corrected chi connectivity index (χ4v) is 3.07. The van der Waals surface area contributed by atoms with Crippen LogP contribution in [0.3, 0.4) is 0 Å². The van der Waals surface area contributed by atoms with Gasteiger partial charge in [0.15, 0.2) is 0 Å². The number of carbonyl (C=O) groups excluding carboxylic acids is 2. The molecule has 2 rings (SSSR count). The predicted molar refractivity (Wildman–Crippen MR) is 121 cm³/mol. The number of rotatable bonds is 11. The number of carbonyl (C=O) groups is 2. The quantitative estimate of drug-likeness (QED) is 0.480. The van der Waals surface area contributed by atoms with Crippen molar-refractivity contribution in [2.24, 2.45) is 0 Å². The lowest BCUT2D eigenvalue weighted by atomic mass is 10.0. The standard InChI is InChI=1S/C24H33N3O4/c1-3-4-15-25-23(29)27(2)17-22(28)21(16-19-11-7-5-8-12-19)26-24(30)31-18-20-13-9-6-10-14-20/h5-14,21-22,28H,3-4,15-18H2,1-2H3,(H,25,29)(H,26,30)/t21-,22+/m0/s1. The Morgan fingerprint density at radius 2 is 1.65 bits per heavy atom. The summed E-state index contributed by atoms with van der Waals surface area (Å²) in [5.41, 5.74) is 1.84. The van der Waals surface area contributed by atoms with E-state index in [4.69, 9.17) is 4.74 Å². The van der Waals surface area contributed by atoms with Crippen molar-refractivity contribution >= 4 is 12.1 Å². The monoisotopic (exact) mass is 427 g/mol. The Morgan fingerprint density at radius 1 is 1.03 bits per heavy atom. The molecule has 2 aromatic rings. The number of hydrogen-bond donors (Lipinski definition) is 3. The first-order valence-corrected chi connectivity index (χ1v) is 10.7. The van der Waals surface area contributed by atoms with Gasteiger partial charge in [-0.15, -0.1) is 0 Å². The third-order valence-electron chi connectivity index (χ3n) is 4.89. The van der Waals surface area contributed by atoms with Gasteiger partial charge >= 0.3 is 12.1 Å². The van der Waals surface area contributed by atoms with Gasteiger partial charge in [-0.2, -0.15) is 0 Å². The highest BCUT2D eigenvalue weighted by molar-refractivity contribution is 5.73. The summed E-state index contributed by atoms with van der Waals surface area (Å²) < 4.78 is 5.31. The van der Waals surface area contributed by atoms with Gasteiger partial charge in [-0.05, 0) is 24.0 Å². The molecule has 0 aliphatic carbocycles. The molecule has 0 radical (unpaired) electrons. The average Bonchev–Trinajstić information content (AvgIpc) is 2.78. The number of hydrogen-bond acceptors (Lipinski definition) is 4. The molecule has 3 N–H and O–H groups in total. The van der Waals surface area contributed by atoms with Gasteiger partial charge in [0, 0.05) is 13.6 Å². The maximum Gasteiger partial charge on any atom is 0.407 e. The Bertz CT molecular complexity index is 786. The Balaban J connectivity index is 1.96. The molecule has 2 aromatic carbocycles. The zero-order valence-electron chi connectivity index (χ0n) is 18.3. The van der Waals surface area contributed by atoms with Crippen molar-refractivity contribution in [2.75, 3.05) is 20.1 Å². The van der Waals surface area contributed by atoms with Crippen molar-refractivity contribution in [1.82, 2.24) is 15.5 Å². The van der Waals surface area contributed by atoms with E-state index in [0.29, 0.717) is 13.0 Å². The minimum Gasteiger partial charge on any atom is -0.445 e. The number of nitrogens with zero attached hydrogens (tertiary/aromatic N) is 1. The number of ether oxygens (including phenoxy) is 1. The van der Waals surface area contributed by atoms with Crippen molar-refractivity contribution in [1.29, 1.82) is 0 Å². The van der Waals surface area contributed by atoms with Crippen LogP contribution < -0.4 is 10.6 Å². The van der Waals surface area contributed by atoms with Crippen LogP contribution in [-0.2, 0) is 17.8 Å². The van der Waals surface area contributed by atoms with Crippen LogP contribution in [0.4, 0.5) is 9.59 Å². The normalized spacial score (nSPS) is 12.5. The second-order valence-electron chi connectivity index (χ2n) is 7.54. The number of unbranched alkanes of at least 4 members (excludes halogenated alkanes) is 1. The highest BCUT2D eigenvalue weighted by Gasteiger charge is 2.25. The van der Waals surface area contributed by atoms with Gasteiger partial charge in [-0.3, -0.25) is 0 Å². The SMILES string of the molecule is CCCCNC(=O)N(C)C[C@@H](O)[C@H](Cc1ccccc1)NC(=O)OCc1ccccc1. The lowest BCUT2D eigenvalue weighted by molar-refractivity contribution is 0.0840. The molecule has 0 unspecified atom stereocenters. The minimum atomic E-state index is -0.966. The Morgan fingerprint density at radius 3 is 2.26 bits per heavy atom. The third kappa shape index (κ3) is 9.09. The molecule has 3 amide bonds. The zero-order chi connectivity index (χ0) is 22.5. The Hall–Kier alpha value is -3.06. The fraction of sp³-hybridized carbons (Fsp3) is 0.417. The van der Waals surface area contributed by atoms with Gasteiger partial charge in [0.2, 0.25) is 0 Å². The van der Waals surface area contributed by atoms with Crippen LogP contribution in [0.2, 0.25) is 0 Å². The molecule has 7 heteroatoms. The van der Waals surface area contributed by atoms with Crippen LogP contribution >= 0.6 is 0 Å². The molecular formula is C24H33N3O4. The van der Waals surface area contributed by atoms with Crippen molar-refractivity contribution in [3.05, 3.63) is 71.8 Å². The van der Waals surface area contributed by atoms with Gasteiger partial charge in [-0.1, -0.05) is 74.0 Å². The van der Waals surface area contributed by atoms with Crippen LogP contribution in [0.1, 0.15) is 30.9 Å². The Kier molecular flexibility index (Phi) is 10.4. The maximum absolute atomic E-state index is 12.4. The largest absolute Gasteiger partial charge is 0.445 e. The lowest BCUT2D eigenvalue weighted by Crippen LogP contribution is -2.51. The van der Waals surface area contributed by atoms with E-state index in [2.05, 4.69) is 17.6 Å². The molecule has 0 aliphatic rings. The van der Waals surface area contributed by atoms with Gasteiger partial charge < -0.3 is 25.4 Å². The van der Waals surface area contributed by atoms with E-state index in [1.54, 1.807) is 7.05 Å². The summed E-state index contributed by atoms with van der Waals surface area (Å²) in [4.78, 5) is 26.0. The highest BCUT2D eigenvalue weighted by Crippen LogP contribution is 2.09. The van der Waals surface area contributed by atoms with Gasteiger partial charge in [-0.25, -0.2) is 9.59 Å². The van der Waals surface area contributed by atoms with Crippen molar-refractivity contribution in [3.8, 4) is 0 Å². The molecule has 0 fully saturated rings. The summed E-state index contributed by atoms with van der Waals surface area (Å²) in [6, 6.07) is 18.1. The van der Waals surface area contributed by atoms with Crippen LogP contribution in [0.25, 0.3) is 0 Å². The second kappa shape index (κ2) is 13.3. The first-order chi connectivity index (χ1) is 15.0. The van der Waals surface area contributed by atoms with Gasteiger partial charge in [0.25, 0.3) is 0 Å². The summed E-state index contributed by atoms with van der Waals surface area (Å²) in [6.07, 6.45) is 0.715. The number of benzene rings is 2. The number of likely N-dealkylation sites (N-methyl/N-ethyl adjacent to an activating group) is 1. The fourth-order valence-electron chi connectivity index (χ4n) is 3.07. The first-order valence-electron chi connectivity index (χ1n) is 10.7. The summed E-state index contributed by atoms with van der Waals surface area (Å²) >= 11 is 0. The second-order valence-corrected chi connectivity index (χ2v) is 7.54. The molecule has 0 bridgehead atoms. The number of urea groups is 1. The molecule has 0 spiro atoms. The van der Waals surface area contributed by atoms with E-state index < -0.39 is 18.2 Å². The van der Waals surface area contributed by atoms with Crippen LogP contribution in [0.15, 0.2) is 60.7 Å². The molecule has 0 heterocycles. The van der Waals surface area contributed by atoms with Crippen LogP contribution in [-0.4, -0.2) is 54.4 Å². The summed E-state index contributed by atoms with van der Waals surface area (Å²) in [6.45, 7) is 2.86. The predicted octanol–water partition coefficient (Wildman–Crippen LogP) is 3.33. The minimum absolute atomic E-state index is 0.0778. The van der Waals surface area contributed by atoms with Crippen molar-refractivity contribution in [3.63, 3.8) is 0 Å². The summed E-state index contributed by atoms with van der Waals surface area (Å²) in [5.74, 6) is 0. The van der Waals surface area contributed by atoms with E-state index in [9.17, 15) is 14.7 Å². The van der Waals surface area contributed by atoms with Crippen LogP contribution in [0, 0.1) is 0 Å². The molecule has 0 saturated heterocycles. The Labute approximate surface area is 184 Å². The number of amides is 3. The van der Waals surface area contributed by atoms with E-state index in [1.165, 1.54) is 4.90 Å². The maximum atomic E-state index is 12.4. The molecule has 0 aliphatic heterocycles. The van der Waals surface area contributed by atoms with Crippen LogP contribution in [0.5, 0.6) is 0 Å². The van der Waals surface area contributed by atoms with E-state index in [0.717, 1.165) is 24.0 Å². The number of nitrogens with one attached hydrogen (secondary N) is 2. The molecule has 0 saturated carbocycles. The topological polar surface area (TPSA) is 90.9 Å². The van der Waals surface area contributed by atoms with Gasteiger partial charge in [0.05, 0.1) is 18.7 Å². The molecule has 2 atom stereocenters. The van der Waals surface area contributed by atoms with Crippen molar-refractivity contribution in [2.45, 2.75) is 44.9 Å². The third-order valence-corrected chi connectivity index (χ3v) is 4.89. The van der Waals surface area contributed by atoms with E-state index in [1.807, 2.05) is 60.7 Å². The summed E-state index contributed by atoms with van der Waals surface area (Å²) in [7, 11) is 1.62. The number of aliphatic hydroxyl groups excluding tert-OH is 1. The molecule has 168 valence electrons. The smallest absolute Gasteiger partial charge is 0.407 e. The number of aliphatic hydroxyl groups is 1.